The maximum atomic E-state index is 12.1. The monoisotopic (exact) mass is 411 g/mol. The first-order valence-corrected chi connectivity index (χ1v) is 10.2. The third-order valence-corrected chi connectivity index (χ3v) is 5.24. The number of hydrazone groups is 1. The van der Waals surface area contributed by atoms with Gasteiger partial charge in [-0.3, -0.25) is 4.79 Å². The van der Waals surface area contributed by atoms with Crippen molar-refractivity contribution < 1.29 is 9.53 Å². The molecule has 4 aromatic rings. The number of fused-ring (bicyclic) bond motifs is 1. The third-order valence-electron chi connectivity index (χ3n) is 5.24. The van der Waals surface area contributed by atoms with Crippen LogP contribution in [0.1, 0.15) is 22.4 Å². The summed E-state index contributed by atoms with van der Waals surface area (Å²) in [6.45, 7) is 4.77. The van der Waals surface area contributed by atoms with E-state index in [0.717, 1.165) is 34.3 Å². The minimum absolute atomic E-state index is 0.0881. The number of aryl methyl sites for hydroxylation is 1. The molecule has 0 saturated carbocycles. The zero-order chi connectivity index (χ0) is 21.6. The fraction of sp³-hybridized carbons (Fsp3) is 0.154. The molecule has 156 valence electrons. The highest BCUT2D eigenvalue weighted by Crippen LogP contribution is 2.25. The average molecular weight is 412 g/mol. The quantitative estimate of drug-likeness (QED) is 0.350. The number of benzene rings is 3. The predicted molar refractivity (Wildman–Crippen MR) is 125 cm³/mol. The van der Waals surface area contributed by atoms with Crippen molar-refractivity contribution in [2.24, 2.45) is 5.10 Å². The molecule has 0 bridgehead atoms. The van der Waals surface area contributed by atoms with Crippen LogP contribution in [0.15, 0.2) is 84.0 Å². The number of aromatic nitrogens is 1. The molecule has 5 nitrogen and oxygen atoms in total. The van der Waals surface area contributed by atoms with Crippen LogP contribution >= 0.6 is 0 Å². The van der Waals surface area contributed by atoms with Crippen molar-refractivity contribution in [2.75, 3.05) is 6.61 Å². The van der Waals surface area contributed by atoms with E-state index in [0.29, 0.717) is 5.75 Å². The molecule has 0 fully saturated rings. The number of carbonyl (C=O) groups excluding carboxylic acids is 1. The van der Waals surface area contributed by atoms with E-state index >= 15 is 0 Å². The van der Waals surface area contributed by atoms with Crippen LogP contribution in [-0.2, 0) is 11.3 Å². The standard InChI is InChI=1S/C26H25N3O2/c1-19-12-14-22(15-13-19)31-18-26(30)28-27-16-24-20(2)29(17-21-8-4-3-5-9-21)25-11-7-6-10-23(24)25/h3-16H,17-18H2,1-2H3,(H,28,30). The first-order valence-electron chi connectivity index (χ1n) is 10.2. The Morgan fingerprint density at radius 2 is 1.68 bits per heavy atom. The van der Waals surface area contributed by atoms with Crippen molar-refractivity contribution in [2.45, 2.75) is 20.4 Å². The molecule has 0 aliphatic heterocycles. The van der Waals surface area contributed by atoms with Gasteiger partial charge in [-0.2, -0.15) is 5.10 Å². The van der Waals surface area contributed by atoms with Crippen LogP contribution in [-0.4, -0.2) is 23.3 Å². The Bertz CT molecular complexity index is 1210. The van der Waals surface area contributed by atoms with Crippen molar-refractivity contribution in [1.82, 2.24) is 9.99 Å². The van der Waals surface area contributed by atoms with Gasteiger partial charge in [-0.05, 0) is 37.6 Å². The van der Waals surface area contributed by atoms with Gasteiger partial charge in [0.15, 0.2) is 6.61 Å². The van der Waals surface area contributed by atoms with Crippen LogP contribution in [0.3, 0.4) is 0 Å². The number of ether oxygens (including phenoxy) is 1. The molecule has 0 aliphatic rings. The van der Waals surface area contributed by atoms with Crippen LogP contribution in [0.4, 0.5) is 0 Å². The fourth-order valence-corrected chi connectivity index (χ4v) is 3.57. The lowest BCUT2D eigenvalue weighted by Crippen LogP contribution is -2.24. The molecule has 5 heteroatoms. The molecular formula is C26H25N3O2. The second-order valence-corrected chi connectivity index (χ2v) is 7.48. The lowest BCUT2D eigenvalue weighted by Gasteiger charge is -2.08. The normalized spacial score (nSPS) is 11.2. The molecule has 31 heavy (non-hydrogen) atoms. The second kappa shape index (κ2) is 9.30. The summed E-state index contributed by atoms with van der Waals surface area (Å²) in [5.74, 6) is 0.354. The lowest BCUT2D eigenvalue weighted by molar-refractivity contribution is -0.123. The Labute approximate surface area is 182 Å². The van der Waals surface area contributed by atoms with Crippen LogP contribution < -0.4 is 10.2 Å². The summed E-state index contributed by atoms with van der Waals surface area (Å²) < 4.78 is 7.77. The van der Waals surface area contributed by atoms with Gasteiger partial charge in [-0.15, -0.1) is 0 Å². The fourth-order valence-electron chi connectivity index (χ4n) is 3.57. The number of rotatable bonds is 7. The van der Waals surface area contributed by atoms with Crippen LogP contribution in [0.25, 0.3) is 10.9 Å². The van der Waals surface area contributed by atoms with E-state index in [1.54, 1.807) is 6.21 Å². The number of nitrogens with zero attached hydrogens (tertiary/aromatic N) is 2. The van der Waals surface area contributed by atoms with Gasteiger partial charge >= 0.3 is 0 Å². The first kappa shape index (κ1) is 20.4. The molecular weight excluding hydrogens is 386 g/mol. The van der Waals surface area contributed by atoms with E-state index in [1.165, 1.54) is 5.56 Å². The number of hydrogen-bond acceptors (Lipinski definition) is 3. The van der Waals surface area contributed by atoms with Gasteiger partial charge in [0.1, 0.15) is 5.75 Å². The molecule has 0 saturated heterocycles. The van der Waals surface area contributed by atoms with Crippen LogP contribution in [0.2, 0.25) is 0 Å². The third kappa shape index (κ3) is 4.83. The molecule has 0 spiro atoms. The SMILES string of the molecule is Cc1ccc(OCC(=O)NN=Cc2c(C)n(Cc3ccccc3)c3ccccc23)cc1. The number of para-hydroxylation sites is 1. The summed E-state index contributed by atoms with van der Waals surface area (Å²) >= 11 is 0. The minimum atomic E-state index is -0.303. The maximum Gasteiger partial charge on any atom is 0.277 e. The van der Waals surface area contributed by atoms with Gasteiger partial charge in [0.2, 0.25) is 0 Å². The number of nitrogens with one attached hydrogen (secondary N) is 1. The zero-order valence-corrected chi connectivity index (χ0v) is 17.7. The number of carbonyl (C=O) groups is 1. The van der Waals surface area contributed by atoms with E-state index in [9.17, 15) is 4.79 Å². The van der Waals surface area contributed by atoms with E-state index in [2.05, 4.69) is 46.3 Å². The van der Waals surface area contributed by atoms with Crippen molar-refractivity contribution in [3.63, 3.8) is 0 Å². The summed E-state index contributed by atoms with van der Waals surface area (Å²) in [6, 6.07) is 26.2. The maximum absolute atomic E-state index is 12.1. The molecule has 0 radical (unpaired) electrons. The van der Waals surface area contributed by atoms with Crippen molar-refractivity contribution in [3.05, 3.63) is 101 Å². The van der Waals surface area contributed by atoms with Crippen molar-refractivity contribution >= 4 is 23.0 Å². The molecule has 0 aliphatic carbocycles. The Balaban J connectivity index is 1.47. The van der Waals surface area contributed by atoms with Gasteiger partial charge in [-0.1, -0.05) is 66.2 Å². The van der Waals surface area contributed by atoms with E-state index in [1.807, 2.05) is 61.5 Å². The molecule has 3 aromatic carbocycles. The van der Waals surface area contributed by atoms with Crippen LogP contribution in [0, 0.1) is 13.8 Å². The summed E-state index contributed by atoms with van der Waals surface area (Å²) in [4.78, 5) is 12.1. The highest BCUT2D eigenvalue weighted by molar-refractivity contribution is 6.01. The van der Waals surface area contributed by atoms with E-state index < -0.39 is 0 Å². The van der Waals surface area contributed by atoms with E-state index in [-0.39, 0.29) is 12.5 Å². The minimum Gasteiger partial charge on any atom is -0.484 e. The van der Waals surface area contributed by atoms with Crippen LogP contribution in [0.5, 0.6) is 5.75 Å². The summed E-state index contributed by atoms with van der Waals surface area (Å²) in [7, 11) is 0. The van der Waals surface area contributed by atoms with Gasteiger partial charge in [-0.25, -0.2) is 5.43 Å². The lowest BCUT2D eigenvalue weighted by atomic mass is 10.1. The molecule has 1 aromatic heterocycles. The average Bonchev–Trinajstić information content (AvgIpc) is 3.05. The number of amides is 1. The Hall–Kier alpha value is -3.86. The Morgan fingerprint density at radius 3 is 2.45 bits per heavy atom. The van der Waals surface area contributed by atoms with Gasteiger partial charge < -0.3 is 9.30 Å². The zero-order valence-electron chi connectivity index (χ0n) is 17.7. The molecule has 0 atom stereocenters. The van der Waals surface area contributed by atoms with Crippen molar-refractivity contribution in [1.29, 1.82) is 0 Å². The highest BCUT2D eigenvalue weighted by Gasteiger charge is 2.12. The van der Waals surface area contributed by atoms with Gasteiger partial charge in [0, 0.05) is 28.7 Å². The van der Waals surface area contributed by atoms with Gasteiger partial charge in [0.05, 0.1) is 6.21 Å². The molecule has 0 unspecified atom stereocenters. The number of hydrogen-bond donors (Lipinski definition) is 1. The Morgan fingerprint density at radius 1 is 0.968 bits per heavy atom. The molecule has 1 heterocycles. The highest BCUT2D eigenvalue weighted by atomic mass is 16.5. The van der Waals surface area contributed by atoms with E-state index in [4.69, 9.17) is 4.74 Å². The molecule has 1 amide bonds. The second-order valence-electron chi connectivity index (χ2n) is 7.48. The largest absolute Gasteiger partial charge is 0.484 e. The smallest absolute Gasteiger partial charge is 0.277 e. The van der Waals surface area contributed by atoms with Crippen molar-refractivity contribution in [3.8, 4) is 5.75 Å². The molecule has 1 N–H and O–H groups in total. The summed E-state index contributed by atoms with van der Waals surface area (Å²) in [5.41, 5.74) is 8.16. The Kier molecular flexibility index (Phi) is 6.13. The summed E-state index contributed by atoms with van der Waals surface area (Å²) in [5, 5.41) is 5.28. The predicted octanol–water partition coefficient (Wildman–Crippen LogP) is 4.84. The molecule has 4 rings (SSSR count). The first-order chi connectivity index (χ1) is 15.1. The van der Waals surface area contributed by atoms with Gasteiger partial charge in [0.25, 0.3) is 5.91 Å². The summed E-state index contributed by atoms with van der Waals surface area (Å²) in [6.07, 6.45) is 1.71. The topological polar surface area (TPSA) is 55.6 Å².